The van der Waals surface area contributed by atoms with Crippen molar-refractivity contribution < 1.29 is 17.4 Å². The fourth-order valence-electron chi connectivity index (χ4n) is 2.25. The van der Waals surface area contributed by atoms with Crippen LogP contribution in [0, 0.1) is 0 Å². The summed E-state index contributed by atoms with van der Waals surface area (Å²) in [6, 6.07) is 20.2. The fourth-order valence-corrected chi connectivity index (χ4v) is 3.17. The predicted molar refractivity (Wildman–Crippen MR) is 104 cm³/mol. The molecule has 0 atom stereocenters. The molecule has 0 aliphatic carbocycles. The van der Waals surface area contributed by atoms with Gasteiger partial charge in [0.15, 0.2) is 0 Å². The number of urea groups is 1. The smallest absolute Gasteiger partial charge is 0.339 e. The first-order chi connectivity index (χ1) is 12.9. The van der Waals surface area contributed by atoms with Crippen molar-refractivity contribution in [2.45, 2.75) is 4.90 Å². The number of carbonyl (C=O) groups excluding carboxylic acids is 1. The Balaban J connectivity index is 1.70. The highest BCUT2D eigenvalue weighted by atomic mass is 32.2. The first-order valence-corrected chi connectivity index (χ1v) is 9.36. The minimum atomic E-state index is -4.01. The van der Waals surface area contributed by atoms with E-state index in [1.54, 1.807) is 36.4 Å². The molecule has 0 heterocycles. The Morgan fingerprint density at radius 1 is 0.815 bits per heavy atom. The molecule has 0 aromatic heterocycles. The van der Waals surface area contributed by atoms with Gasteiger partial charge in [0.25, 0.3) is 0 Å². The fraction of sp³-hybridized carbons (Fsp3) is 0. The zero-order chi connectivity index (χ0) is 19.3. The third-order valence-corrected chi connectivity index (χ3v) is 4.76. The lowest BCUT2D eigenvalue weighted by Gasteiger charge is -2.10. The van der Waals surface area contributed by atoms with Crippen molar-refractivity contribution in [3.05, 3.63) is 78.9 Å². The van der Waals surface area contributed by atoms with Gasteiger partial charge in [-0.3, -0.25) is 0 Å². The lowest BCUT2D eigenvalue weighted by Crippen LogP contribution is -2.19. The molecule has 0 saturated heterocycles. The molecule has 3 aromatic rings. The number of carbonyl (C=O) groups is 1. The van der Waals surface area contributed by atoms with Crippen LogP contribution in [0.3, 0.4) is 0 Å². The topological polar surface area (TPSA) is 111 Å². The molecule has 0 spiro atoms. The third-order valence-electron chi connectivity index (χ3n) is 3.50. The number of anilines is 3. The van der Waals surface area contributed by atoms with Crippen molar-refractivity contribution in [3.8, 4) is 5.75 Å². The summed E-state index contributed by atoms with van der Waals surface area (Å²) in [6.07, 6.45) is 0. The Labute approximate surface area is 156 Å². The summed E-state index contributed by atoms with van der Waals surface area (Å²) in [5.41, 5.74) is 7.03. The molecule has 27 heavy (non-hydrogen) atoms. The maximum Gasteiger partial charge on any atom is 0.339 e. The molecule has 0 radical (unpaired) electrons. The average molecular weight is 383 g/mol. The summed E-state index contributed by atoms with van der Waals surface area (Å²) >= 11 is 0. The van der Waals surface area contributed by atoms with Crippen molar-refractivity contribution in [1.29, 1.82) is 0 Å². The molecule has 0 aliphatic rings. The van der Waals surface area contributed by atoms with Crippen LogP contribution in [0.15, 0.2) is 83.8 Å². The number of hydrogen-bond acceptors (Lipinski definition) is 5. The second-order valence-corrected chi connectivity index (χ2v) is 7.13. The number of nitrogens with one attached hydrogen (secondary N) is 2. The molecule has 0 aliphatic heterocycles. The third kappa shape index (κ3) is 4.99. The minimum Gasteiger partial charge on any atom is -0.399 e. The SMILES string of the molecule is Nc1ccc(S(=O)(=O)Oc2cccc(NC(=O)Nc3ccccc3)c2)cc1. The summed E-state index contributed by atoms with van der Waals surface area (Å²) in [5, 5.41) is 5.29. The molecular weight excluding hydrogens is 366 g/mol. The van der Waals surface area contributed by atoms with E-state index in [0.29, 0.717) is 17.1 Å². The number of nitrogen functional groups attached to an aromatic ring is 1. The van der Waals surface area contributed by atoms with Crippen molar-refractivity contribution in [1.82, 2.24) is 0 Å². The highest BCUT2D eigenvalue weighted by Gasteiger charge is 2.16. The van der Waals surface area contributed by atoms with Crippen molar-refractivity contribution >= 4 is 33.2 Å². The number of amides is 2. The van der Waals surface area contributed by atoms with Gasteiger partial charge in [0.2, 0.25) is 0 Å². The molecule has 0 saturated carbocycles. The monoisotopic (exact) mass is 383 g/mol. The Bertz CT molecular complexity index is 1040. The quantitative estimate of drug-likeness (QED) is 0.460. The van der Waals surface area contributed by atoms with Crippen LogP contribution in [0.4, 0.5) is 21.9 Å². The van der Waals surface area contributed by atoms with E-state index in [1.165, 1.54) is 36.4 Å². The van der Waals surface area contributed by atoms with Gasteiger partial charge in [-0.05, 0) is 48.5 Å². The van der Waals surface area contributed by atoms with Gasteiger partial charge >= 0.3 is 16.1 Å². The van der Waals surface area contributed by atoms with Crippen molar-refractivity contribution in [2.24, 2.45) is 0 Å². The highest BCUT2D eigenvalue weighted by Crippen LogP contribution is 2.22. The van der Waals surface area contributed by atoms with Crippen LogP contribution in [0.1, 0.15) is 0 Å². The van der Waals surface area contributed by atoms with Crippen LogP contribution in [-0.4, -0.2) is 14.4 Å². The molecule has 4 N–H and O–H groups in total. The second-order valence-electron chi connectivity index (χ2n) is 5.58. The lowest BCUT2D eigenvalue weighted by atomic mass is 10.3. The van der Waals surface area contributed by atoms with Crippen LogP contribution in [0.5, 0.6) is 5.75 Å². The zero-order valence-electron chi connectivity index (χ0n) is 14.1. The standard InChI is InChI=1S/C19H17N3O4S/c20-14-9-11-18(12-10-14)27(24,25)26-17-8-4-7-16(13-17)22-19(23)21-15-5-2-1-3-6-15/h1-13H,20H2,(H2,21,22,23). The Morgan fingerprint density at radius 2 is 1.44 bits per heavy atom. The van der Waals surface area contributed by atoms with E-state index in [-0.39, 0.29) is 10.6 Å². The van der Waals surface area contributed by atoms with Gasteiger partial charge in [0, 0.05) is 23.1 Å². The van der Waals surface area contributed by atoms with Crippen LogP contribution in [0.25, 0.3) is 0 Å². The summed E-state index contributed by atoms with van der Waals surface area (Å²) < 4.78 is 29.8. The second kappa shape index (κ2) is 7.79. The molecule has 3 rings (SSSR count). The molecule has 8 heteroatoms. The Hall–Kier alpha value is -3.52. The normalized spacial score (nSPS) is 10.8. The summed E-state index contributed by atoms with van der Waals surface area (Å²) in [4.78, 5) is 12.0. The van der Waals surface area contributed by atoms with E-state index >= 15 is 0 Å². The van der Waals surface area contributed by atoms with E-state index in [9.17, 15) is 13.2 Å². The van der Waals surface area contributed by atoms with Gasteiger partial charge in [-0.2, -0.15) is 8.42 Å². The molecule has 0 bridgehead atoms. The molecule has 3 aromatic carbocycles. The summed E-state index contributed by atoms with van der Waals surface area (Å²) in [5.74, 6) is 0.0735. The average Bonchev–Trinajstić information content (AvgIpc) is 2.62. The molecule has 0 fully saturated rings. The van der Waals surface area contributed by atoms with E-state index in [4.69, 9.17) is 9.92 Å². The largest absolute Gasteiger partial charge is 0.399 e. The molecule has 0 unspecified atom stereocenters. The van der Waals surface area contributed by atoms with Crippen LogP contribution in [-0.2, 0) is 10.1 Å². The van der Waals surface area contributed by atoms with E-state index in [1.807, 2.05) is 6.07 Å². The van der Waals surface area contributed by atoms with Gasteiger partial charge in [-0.25, -0.2) is 4.79 Å². The Kier molecular flexibility index (Phi) is 5.28. The van der Waals surface area contributed by atoms with Gasteiger partial charge < -0.3 is 20.6 Å². The highest BCUT2D eigenvalue weighted by molar-refractivity contribution is 7.87. The van der Waals surface area contributed by atoms with E-state index < -0.39 is 16.1 Å². The molecule has 2 amide bonds. The number of hydrogen-bond donors (Lipinski definition) is 3. The number of nitrogens with two attached hydrogens (primary N) is 1. The van der Waals surface area contributed by atoms with E-state index in [2.05, 4.69) is 10.6 Å². The molecular formula is C19H17N3O4S. The predicted octanol–water partition coefficient (Wildman–Crippen LogP) is 3.68. The summed E-state index contributed by atoms with van der Waals surface area (Å²) in [7, 11) is -4.01. The van der Waals surface area contributed by atoms with Gasteiger partial charge in [-0.1, -0.05) is 24.3 Å². The number of benzene rings is 3. The van der Waals surface area contributed by atoms with Crippen LogP contribution >= 0.6 is 0 Å². The van der Waals surface area contributed by atoms with Crippen LogP contribution in [0.2, 0.25) is 0 Å². The van der Waals surface area contributed by atoms with E-state index in [0.717, 1.165) is 0 Å². The van der Waals surface area contributed by atoms with Gasteiger partial charge in [0.05, 0.1) is 0 Å². The zero-order valence-corrected chi connectivity index (χ0v) is 14.9. The summed E-state index contributed by atoms with van der Waals surface area (Å²) in [6.45, 7) is 0. The number of rotatable bonds is 5. The van der Waals surface area contributed by atoms with Crippen molar-refractivity contribution in [3.63, 3.8) is 0 Å². The Morgan fingerprint density at radius 3 is 2.15 bits per heavy atom. The first-order valence-electron chi connectivity index (χ1n) is 7.95. The van der Waals surface area contributed by atoms with Gasteiger partial charge in [-0.15, -0.1) is 0 Å². The maximum absolute atomic E-state index is 12.3. The maximum atomic E-state index is 12.3. The van der Waals surface area contributed by atoms with Crippen molar-refractivity contribution in [2.75, 3.05) is 16.4 Å². The minimum absolute atomic E-state index is 0.0168. The molecule has 7 nitrogen and oxygen atoms in total. The van der Waals surface area contributed by atoms with Crippen LogP contribution < -0.4 is 20.6 Å². The number of para-hydroxylation sites is 1. The lowest BCUT2D eigenvalue weighted by molar-refractivity contribution is 0.262. The first kappa shape index (κ1) is 18.3. The van der Waals surface area contributed by atoms with Gasteiger partial charge in [0.1, 0.15) is 10.6 Å². The molecule has 138 valence electrons.